The minimum atomic E-state index is -1.93. The van der Waals surface area contributed by atoms with Gasteiger partial charge in [-0.15, -0.1) is 0 Å². The Balaban J connectivity index is 3.11. The van der Waals surface area contributed by atoms with E-state index in [1.807, 2.05) is 0 Å². The predicted molar refractivity (Wildman–Crippen MR) is 72.6 cm³/mol. The standard InChI is InChI=1S/C14H19O10/c1-6(15)20-5-10-11(21-7(2)16)12(22-8(3)17)13(14(19)24-10)23-9(4)18/h10-14H,5H2,1-4H3/t10-,11-,12+,13-,14-/m1/s1. The fourth-order valence-corrected chi connectivity index (χ4v) is 2.19. The molecule has 1 saturated heterocycles. The van der Waals surface area contributed by atoms with E-state index in [2.05, 4.69) is 0 Å². The van der Waals surface area contributed by atoms with Crippen LogP contribution >= 0.6 is 0 Å². The molecule has 0 amide bonds. The summed E-state index contributed by atoms with van der Waals surface area (Å²) in [5.74, 6) is -2.98. The van der Waals surface area contributed by atoms with Crippen molar-refractivity contribution < 1.29 is 48.0 Å². The summed E-state index contributed by atoms with van der Waals surface area (Å²) in [4.78, 5) is 44.8. The Morgan fingerprint density at radius 3 is 1.67 bits per heavy atom. The highest BCUT2D eigenvalue weighted by molar-refractivity contribution is 5.68. The van der Waals surface area contributed by atoms with Crippen molar-refractivity contribution in [3.8, 4) is 0 Å². The van der Waals surface area contributed by atoms with Crippen LogP contribution in [0.25, 0.3) is 0 Å². The van der Waals surface area contributed by atoms with Gasteiger partial charge in [0.15, 0.2) is 18.3 Å². The van der Waals surface area contributed by atoms with Crippen LogP contribution in [0.3, 0.4) is 0 Å². The molecular weight excluding hydrogens is 328 g/mol. The first-order chi connectivity index (χ1) is 11.1. The molecule has 0 spiro atoms. The van der Waals surface area contributed by atoms with Gasteiger partial charge in [-0.2, -0.15) is 5.11 Å². The van der Waals surface area contributed by atoms with Crippen LogP contribution in [0.4, 0.5) is 0 Å². The first-order valence-corrected chi connectivity index (χ1v) is 7.08. The van der Waals surface area contributed by atoms with Gasteiger partial charge in [0, 0.05) is 27.7 Å². The maximum Gasteiger partial charge on any atom is 0.303 e. The minimum Gasteiger partial charge on any atom is -0.463 e. The summed E-state index contributed by atoms with van der Waals surface area (Å²) in [6.07, 6.45) is -7.32. The number of carbonyl (C=O) groups is 4. The zero-order chi connectivity index (χ0) is 18.4. The van der Waals surface area contributed by atoms with Crippen molar-refractivity contribution in [2.45, 2.75) is 58.4 Å². The molecule has 135 valence electrons. The van der Waals surface area contributed by atoms with Gasteiger partial charge in [-0.3, -0.25) is 19.2 Å². The third-order valence-corrected chi connectivity index (χ3v) is 2.95. The van der Waals surface area contributed by atoms with Crippen molar-refractivity contribution in [1.29, 1.82) is 0 Å². The second-order valence-electron chi connectivity index (χ2n) is 5.07. The highest BCUT2D eigenvalue weighted by Gasteiger charge is 2.52. The normalized spacial score (nSPS) is 29.3. The van der Waals surface area contributed by atoms with Crippen LogP contribution in [0.15, 0.2) is 0 Å². The van der Waals surface area contributed by atoms with Gasteiger partial charge in [-0.25, -0.2) is 0 Å². The SMILES string of the molecule is CC(=O)OC[C@H]1O[C@@H]([O])[C@H](OC(C)=O)[C@@H](OC(C)=O)[C@@H]1OC(C)=O. The molecule has 0 saturated carbocycles. The van der Waals surface area contributed by atoms with Crippen molar-refractivity contribution in [3.05, 3.63) is 0 Å². The summed E-state index contributed by atoms with van der Waals surface area (Å²) < 4.78 is 24.8. The summed E-state index contributed by atoms with van der Waals surface area (Å²) >= 11 is 0. The molecule has 1 radical (unpaired) electrons. The van der Waals surface area contributed by atoms with Gasteiger partial charge < -0.3 is 23.7 Å². The molecule has 24 heavy (non-hydrogen) atoms. The molecule has 5 atom stereocenters. The lowest BCUT2D eigenvalue weighted by Gasteiger charge is -2.41. The van der Waals surface area contributed by atoms with Crippen molar-refractivity contribution in [2.75, 3.05) is 6.61 Å². The van der Waals surface area contributed by atoms with Crippen LogP contribution in [-0.2, 0) is 48.0 Å². The lowest BCUT2D eigenvalue weighted by molar-refractivity contribution is -0.310. The molecule has 0 aromatic carbocycles. The van der Waals surface area contributed by atoms with E-state index >= 15 is 0 Å². The molecular formula is C14H19O10. The van der Waals surface area contributed by atoms with E-state index in [0.29, 0.717) is 0 Å². The van der Waals surface area contributed by atoms with Crippen molar-refractivity contribution in [3.63, 3.8) is 0 Å². The van der Waals surface area contributed by atoms with Crippen LogP contribution < -0.4 is 0 Å². The van der Waals surface area contributed by atoms with Gasteiger partial charge in [-0.1, -0.05) is 0 Å². The van der Waals surface area contributed by atoms with Crippen molar-refractivity contribution in [2.24, 2.45) is 0 Å². The summed E-state index contributed by atoms with van der Waals surface area (Å²) in [5, 5.41) is 12.1. The van der Waals surface area contributed by atoms with E-state index in [4.69, 9.17) is 23.7 Å². The molecule has 10 heteroatoms. The van der Waals surface area contributed by atoms with Crippen LogP contribution in [0, 0.1) is 0 Å². The molecule has 1 rings (SSSR count). The first-order valence-electron chi connectivity index (χ1n) is 7.08. The molecule has 0 unspecified atom stereocenters. The van der Waals surface area contributed by atoms with E-state index in [9.17, 15) is 24.3 Å². The summed E-state index contributed by atoms with van der Waals surface area (Å²) in [5.41, 5.74) is 0. The molecule has 1 fully saturated rings. The Hall–Kier alpha value is -2.20. The zero-order valence-electron chi connectivity index (χ0n) is 13.7. The lowest BCUT2D eigenvalue weighted by atomic mass is 9.98. The Morgan fingerprint density at radius 2 is 1.21 bits per heavy atom. The van der Waals surface area contributed by atoms with Crippen LogP contribution in [0.5, 0.6) is 0 Å². The lowest BCUT2D eigenvalue weighted by Crippen LogP contribution is -2.62. The fraction of sp³-hybridized carbons (Fsp3) is 0.714. The predicted octanol–water partition coefficient (Wildman–Crippen LogP) is -0.500. The van der Waals surface area contributed by atoms with Crippen molar-refractivity contribution >= 4 is 23.9 Å². The summed E-state index contributed by atoms with van der Waals surface area (Å²) in [6.45, 7) is 3.97. The topological polar surface area (TPSA) is 134 Å². The minimum absolute atomic E-state index is 0.406. The third-order valence-electron chi connectivity index (χ3n) is 2.95. The second kappa shape index (κ2) is 8.60. The number of hydrogen-bond donors (Lipinski definition) is 0. The molecule has 0 N–H and O–H groups in total. The average molecular weight is 347 g/mol. The number of ether oxygens (including phenoxy) is 5. The monoisotopic (exact) mass is 347 g/mol. The Morgan fingerprint density at radius 1 is 0.750 bits per heavy atom. The Labute approximate surface area is 137 Å². The fourth-order valence-electron chi connectivity index (χ4n) is 2.19. The third kappa shape index (κ3) is 5.78. The van der Waals surface area contributed by atoms with Crippen LogP contribution in [-0.4, -0.2) is 61.2 Å². The quantitative estimate of drug-likeness (QED) is 0.476. The molecule has 0 aromatic heterocycles. The summed E-state index contributed by atoms with van der Waals surface area (Å²) in [6, 6.07) is 0. The van der Waals surface area contributed by atoms with Gasteiger partial charge in [0.1, 0.15) is 12.7 Å². The molecule has 1 heterocycles. The molecule has 1 aliphatic heterocycles. The molecule has 0 bridgehead atoms. The van der Waals surface area contributed by atoms with E-state index in [1.165, 1.54) is 0 Å². The maximum atomic E-state index is 12.1. The molecule has 0 aromatic rings. The van der Waals surface area contributed by atoms with Gasteiger partial charge in [0.05, 0.1) is 0 Å². The smallest absolute Gasteiger partial charge is 0.303 e. The Bertz CT molecular complexity index is 502. The summed E-state index contributed by atoms with van der Waals surface area (Å²) in [7, 11) is 0. The maximum absolute atomic E-state index is 12.1. The number of esters is 4. The number of hydrogen-bond acceptors (Lipinski definition) is 9. The Kier molecular flexibility index (Phi) is 7.11. The molecule has 10 nitrogen and oxygen atoms in total. The van der Waals surface area contributed by atoms with E-state index in [-0.39, 0.29) is 0 Å². The number of rotatable bonds is 5. The molecule has 1 aliphatic rings. The highest BCUT2D eigenvalue weighted by atomic mass is 16.7. The highest BCUT2D eigenvalue weighted by Crippen LogP contribution is 2.28. The zero-order valence-corrected chi connectivity index (χ0v) is 13.7. The van der Waals surface area contributed by atoms with E-state index in [1.54, 1.807) is 0 Å². The van der Waals surface area contributed by atoms with E-state index < -0.39 is 61.2 Å². The van der Waals surface area contributed by atoms with Gasteiger partial charge in [0.2, 0.25) is 6.29 Å². The van der Waals surface area contributed by atoms with Gasteiger partial charge >= 0.3 is 23.9 Å². The average Bonchev–Trinajstić information content (AvgIpc) is 2.42. The van der Waals surface area contributed by atoms with E-state index in [0.717, 1.165) is 27.7 Å². The van der Waals surface area contributed by atoms with Crippen LogP contribution in [0.1, 0.15) is 27.7 Å². The van der Waals surface area contributed by atoms with Crippen molar-refractivity contribution in [1.82, 2.24) is 0 Å². The first kappa shape index (κ1) is 19.8. The largest absolute Gasteiger partial charge is 0.463 e. The number of carbonyl (C=O) groups excluding carboxylic acids is 4. The molecule has 0 aliphatic carbocycles. The second-order valence-corrected chi connectivity index (χ2v) is 5.07. The van der Waals surface area contributed by atoms with Gasteiger partial charge in [0.25, 0.3) is 0 Å². The van der Waals surface area contributed by atoms with Crippen LogP contribution in [0.2, 0.25) is 0 Å². The van der Waals surface area contributed by atoms with Gasteiger partial charge in [-0.05, 0) is 0 Å².